The Hall–Kier alpha value is -2.11. The van der Waals surface area contributed by atoms with Crippen LogP contribution < -0.4 is 0 Å². The summed E-state index contributed by atoms with van der Waals surface area (Å²) >= 11 is 0. The van der Waals surface area contributed by atoms with E-state index in [1.165, 1.54) is 12.1 Å². The Labute approximate surface area is 109 Å². The van der Waals surface area contributed by atoms with Crippen molar-refractivity contribution in [1.29, 1.82) is 0 Å². The fourth-order valence-corrected chi connectivity index (χ4v) is 2.48. The van der Waals surface area contributed by atoms with E-state index >= 15 is 0 Å². The molecule has 0 aromatic heterocycles. The van der Waals surface area contributed by atoms with Crippen LogP contribution in [0.5, 0.6) is 0 Å². The average Bonchev–Trinajstić information content (AvgIpc) is 2.38. The number of carboxylic acid groups (broad SMARTS) is 2. The van der Waals surface area contributed by atoms with Gasteiger partial charge in [0.15, 0.2) is 0 Å². The van der Waals surface area contributed by atoms with Crippen LogP contribution in [0.3, 0.4) is 0 Å². The van der Waals surface area contributed by atoms with Gasteiger partial charge in [0.1, 0.15) is 5.82 Å². The van der Waals surface area contributed by atoms with Crippen LogP contribution >= 0.6 is 0 Å². The molecule has 5 nitrogen and oxygen atoms in total. The normalized spacial score (nSPS) is 23.1. The molecule has 102 valence electrons. The zero-order chi connectivity index (χ0) is 14.0. The lowest BCUT2D eigenvalue weighted by atomic mass is 9.80. The van der Waals surface area contributed by atoms with Gasteiger partial charge >= 0.3 is 12.1 Å². The highest BCUT2D eigenvalue weighted by Crippen LogP contribution is 2.33. The number of likely N-dealkylation sites (tertiary alicyclic amines) is 1. The third-order valence-corrected chi connectivity index (χ3v) is 3.50. The van der Waals surface area contributed by atoms with Crippen LogP contribution in [0.1, 0.15) is 17.9 Å². The molecule has 1 fully saturated rings. The second-order valence-corrected chi connectivity index (χ2v) is 4.62. The number of amides is 1. The van der Waals surface area contributed by atoms with Crippen molar-refractivity contribution in [2.24, 2.45) is 5.92 Å². The van der Waals surface area contributed by atoms with Crippen LogP contribution in [0.2, 0.25) is 0 Å². The predicted molar refractivity (Wildman–Crippen MR) is 64.5 cm³/mol. The second-order valence-electron chi connectivity index (χ2n) is 4.62. The van der Waals surface area contributed by atoms with Crippen LogP contribution in [0.25, 0.3) is 0 Å². The highest BCUT2D eigenvalue weighted by atomic mass is 19.1. The molecule has 0 radical (unpaired) electrons. The summed E-state index contributed by atoms with van der Waals surface area (Å²) in [5.74, 6) is -2.48. The number of hydrogen-bond acceptors (Lipinski definition) is 2. The van der Waals surface area contributed by atoms with Crippen molar-refractivity contribution in [2.45, 2.75) is 12.3 Å². The van der Waals surface area contributed by atoms with E-state index in [0.717, 1.165) is 10.5 Å². The van der Waals surface area contributed by atoms with Gasteiger partial charge in [0.2, 0.25) is 0 Å². The van der Waals surface area contributed by atoms with E-state index in [-0.39, 0.29) is 18.3 Å². The van der Waals surface area contributed by atoms with Crippen molar-refractivity contribution in [1.82, 2.24) is 4.90 Å². The Kier molecular flexibility index (Phi) is 3.69. The summed E-state index contributed by atoms with van der Waals surface area (Å²) in [5, 5.41) is 18.1. The monoisotopic (exact) mass is 267 g/mol. The molecule has 2 rings (SSSR count). The zero-order valence-electron chi connectivity index (χ0n) is 10.1. The van der Waals surface area contributed by atoms with E-state index in [2.05, 4.69) is 0 Å². The number of rotatable bonds is 2. The SMILES string of the molecule is O=C(O)C1CN(C(=O)O)CCC1c1ccc(F)cc1. The van der Waals surface area contributed by atoms with Crippen molar-refractivity contribution in [2.75, 3.05) is 13.1 Å². The Morgan fingerprint density at radius 2 is 1.84 bits per heavy atom. The number of carboxylic acids is 1. The summed E-state index contributed by atoms with van der Waals surface area (Å²) in [7, 11) is 0. The number of carbonyl (C=O) groups is 2. The Balaban J connectivity index is 2.22. The zero-order valence-corrected chi connectivity index (χ0v) is 10.1. The third kappa shape index (κ3) is 2.83. The smallest absolute Gasteiger partial charge is 0.407 e. The predicted octanol–water partition coefficient (Wildman–Crippen LogP) is 1.99. The van der Waals surface area contributed by atoms with E-state index in [1.807, 2.05) is 0 Å². The second kappa shape index (κ2) is 5.26. The lowest BCUT2D eigenvalue weighted by Crippen LogP contribution is -2.45. The summed E-state index contributed by atoms with van der Waals surface area (Å²) in [6.07, 6.45) is -0.682. The minimum absolute atomic E-state index is 0.0350. The summed E-state index contributed by atoms with van der Waals surface area (Å²) < 4.78 is 12.9. The first-order chi connectivity index (χ1) is 8.99. The molecule has 0 spiro atoms. The fraction of sp³-hybridized carbons (Fsp3) is 0.385. The van der Waals surface area contributed by atoms with Crippen LogP contribution in [-0.4, -0.2) is 40.3 Å². The van der Waals surface area contributed by atoms with Gasteiger partial charge in [-0.3, -0.25) is 4.79 Å². The number of halogens is 1. The van der Waals surface area contributed by atoms with Gasteiger partial charge in [0.05, 0.1) is 5.92 Å². The summed E-state index contributed by atoms with van der Waals surface area (Å²) in [4.78, 5) is 23.3. The average molecular weight is 267 g/mol. The van der Waals surface area contributed by atoms with Crippen molar-refractivity contribution in [3.05, 3.63) is 35.6 Å². The molecule has 19 heavy (non-hydrogen) atoms. The summed E-state index contributed by atoms with van der Waals surface area (Å²) in [5.41, 5.74) is 0.735. The van der Waals surface area contributed by atoms with E-state index in [4.69, 9.17) is 5.11 Å². The van der Waals surface area contributed by atoms with E-state index < -0.39 is 18.0 Å². The van der Waals surface area contributed by atoms with E-state index in [9.17, 15) is 19.1 Å². The number of piperidine rings is 1. The van der Waals surface area contributed by atoms with E-state index in [0.29, 0.717) is 13.0 Å². The maximum atomic E-state index is 12.9. The number of nitrogens with zero attached hydrogens (tertiary/aromatic N) is 1. The highest BCUT2D eigenvalue weighted by molar-refractivity contribution is 5.74. The van der Waals surface area contributed by atoms with Gasteiger partial charge in [-0.25, -0.2) is 9.18 Å². The van der Waals surface area contributed by atoms with Crippen LogP contribution in [0.4, 0.5) is 9.18 Å². The van der Waals surface area contributed by atoms with Crippen LogP contribution in [0.15, 0.2) is 24.3 Å². The topological polar surface area (TPSA) is 77.8 Å². The highest BCUT2D eigenvalue weighted by Gasteiger charge is 2.36. The van der Waals surface area contributed by atoms with Gasteiger partial charge in [-0.05, 0) is 24.1 Å². The first-order valence-corrected chi connectivity index (χ1v) is 5.95. The van der Waals surface area contributed by atoms with Gasteiger partial charge in [-0.15, -0.1) is 0 Å². The summed E-state index contributed by atoms with van der Waals surface area (Å²) in [6.45, 7) is 0.258. The number of benzene rings is 1. The van der Waals surface area contributed by atoms with Crippen LogP contribution in [0, 0.1) is 11.7 Å². The Morgan fingerprint density at radius 1 is 1.21 bits per heavy atom. The van der Waals surface area contributed by atoms with Gasteiger partial charge < -0.3 is 15.1 Å². The number of aliphatic carboxylic acids is 1. The molecule has 0 bridgehead atoms. The first-order valence-electron chi connectivity index (χ1n) is 5.95. The molecular weight excluding hydrogens is 253 g/mol. The van der Waals surface area contributed by atoms with Crippen LogP contribution in [-0.2, 0) is 4.79 Å². The van der Waals surface area contributed by atoms with Crippen molar-refractivity contribution in [3.8, 4) is 0 Å². The minimum atomic E-state index is -1.11. The molecule has 1 saturated heterocycles. The van der Waals surface area contributed by atoms with Crippen molar-refractivity contribution >= 4 is 12.1 Å². The molecule has 1 amide bonds. The molecule has 1 aromatic rings. The molecule has 2 unspecified atom stereocenters. The largest absolute Gasteiger partial charge is 0.481 e. The van der Waals surface area contributed by atoms with E-state index in [1.54, 1.807) is 12.1 Å². The standard InChI is InChI=1S/C13H14FNO4/c14-9-3-1-8(2-4-9)10-5-6-15(13(18)19)7-11(10)12(16)17/h1-4,10-11H,5-7H2,(H,16,17)(H,18,19). The molecule has 1 heterocycles. The van der Waals surface area contributed by atoms with Gasteiger partial charge in [-0.1, -0.05) is 12.1 Å². The third-order valence-electron chi connectivity index (χ3n) is 3.50. The Bertz CT molecular complexity index is 488. The molecule has 1 aliphatic rings. The van der Waals surface area contributed by atoms with Gasteiger partial charge in [0.25, 0.3) is 0 Å². The lowest BCUT2D eigenvalue weighted by molar-refractivity contribution is -0.144. The van der Waals surface area contributed by atoms with Crippen molar-refractivity contribution < 1.29 is 24.2 Å². The minimum Gasteiger partial charge on any atom is -0.481 e. The molecule has 0 aliphatic carbocycles. The first kappa shape index (κ1) is 13.3. The van der Waals surface area contributed by atoms with Gasteiger partial charge in [-0.2, -0.15) is 0 Å². The molecule has 1 aromatic carbocycles. The maximum Gasteiger partial charge on any atom is 0.407 e. The quantitative estimate of drug-likeness (QED) is 0.859. The lowest BCUT2D eigenvalue weighted by Gasteiger charge is -2.35. The molecule has 6 heteroatoms. The van der Waals surface area contributed by atoms with Gasteiger partial charge in [0, 0.05) is 19.0 Å². The molecule has 2 atom stereocenters. The molecular formula is C13H14FNO4. The molecule has 1 aliphatic heterocycles. The fourth-order valence-electron chi connectivity index (χ4n) is 2.48. The maximum absolute atomic E-state index is 12.9. The Morgan fingerprint density at radius 3 is 2.37 bits per heavy atom. The number of hydrogen-bond donors (Lipinski definition) is 2. The van der Waals surface area contributed by atoms with Crippen molar-refractivity contribution in [3.63, 3.8) is 0 Å². The molecule has 0 saturated carbocycles. The molecule has 2 N–H and O–H groups in total. The summed E-state index contributed by atoms with van der Waals surface area (Å²) in [6, 6.07) is 5.70.